The van der Waals surface area contributed by atoms with E-state index in [-0.39, 0.29) is 0 Å². The van der Waals surface area contributed by atoms with E-state index in [1.165, 1.54) is 33.4 Å². The molecule has 0 amide bonds. The zero-order valence-electron chi connectivity index (χ0n) is 12.3. The van der Waals surface area contributed by atoms with Gasteiger partial charge in [0.1, 0.15) is 0 Å². The molecule has 2 aromatic rings. The molecule has 1 nitrogen and oxygen atoms in total. The van der Waals surface area contributed by atoms with Crippen LogP contribution >= 0.6 is 0 Å². The highest BCUT2D eigenvalue weighted by atomic mass is 14.6. The Morgan fingerprint density at radius 1 is 0.895 bits per heavy atom. The quantitative estimate of drug-likeness (QED) is 0.878. The van der Waals surface area contributed by atoms with Gasteiger partial charge in [-0.25, -0.2) is 0 Å². The van der Waals surface area contributed by atoms with E-state index in [4.69, 9.17) is 5.73 Å². The number of nitrogens with two attached hydrogens (primary N) is 1. The van der Waals surface area contributed by atoms with Crippen LogP contribution in [0.4, 0.5) is 0 Å². The van der Waals surface area contributed by atoms with Crippen molar-refractivity contribution in [1.82, 2.24) is 0 Å². The van der Waals surface area contributed by atoms with Gasteiger partial charge in [-0.1, -0.05) is 36.4 Å². The molecule has 0 aliphatic carbocycles. The second kappa shape index (κ2) is 5.58. The van der Waals surface area contributed by atoms with E-state index < -0.39 is 0 Å². The van der Waals surface area contributed by atoms with Crippen LogP contribution in [0.25, 0.3) is 0 Å². The van der Waals surface area contributed by atoms with Gasteiger partial charge in [0, 0.05) is 12.5 Å². The molecule has 1 atom stereocenters. The van der Waals surface area contributed by atoms with Crippen molar-refractivity contribution in [2.24, 2.45) is 5.73 Å². The fraction of sp³-hybridized carbons (Fsp3) is 0.333. The number of aryl methyl sites for hydroxylation is 2. The van der Waals surface area contributed by atoms with Crippen molar-refractivity contribution >= 4 is 0 Å². The Balaban J connectivity index is 2.62. The summed E-state index contributed by atoms with van der Waals surface area (Å²) in [6.45, 7) is 9.44. The Labute approximate surface area is 116 Å². The molecule has 0 aromatic heterocycles. The van der Waals surface area contributed by atoms with Crippen LogP contribution in [0.5, 0.6) is 0 Å². The first-order chi connectivity index (χ1) is 9.06. The summed E-state index contributed by atoms with van der Waals surface area (Å²) < 4.78 is 0. The summed E-state index contributed by atoms with van der Waals surface area (Å²) >= 11 is 0. The van der Waals surface area contributed by atoms with Gasteiger partial charge in [-0.05, 0) is 61.1 Å². The van der Waals surface area contributed by atoms with E-state index in [9.17, 15) is 0 Å². The highest BCUT2D eigenvalue weighted by Gasteiger charge is 2.18. The molecule has 0 spiro atoms. The zero-order valence-corrected chi connectivity index (χ0v) is 12.3. The first-order valence-electron chi connectivity index (χ1n) is 6.88. The summed E-state index contributed by atoms with van der Waals surface area (Å²) in [5, 5.41) is 0. The summed E-state index contributed by atoms with van der Waals surface area (Å²) in [4.78, 5) is 0. The Morgan fingerprint density at radius 2 is 1.42 bits per heavy atom. The number of benzene rings is 2. The molecule has 0 aliphatic heterocycles. The van der Waals surface area contributed by atoms with Crippen LogP contribution in [0, 0.1) is 27.7 Å². The smallest absolute Gasteiger partial charge is 0.0217 e. The van der Waals surface area contributed by atoms with Gasteiger partial charge >= 0.3 is 0 Å². The molecule has 0 saturated carbocycles. The van der Waals surface area contributed by atoms with Crippen molar-refractivity contribution in [3.63, 3.8) is 0 Å². The minimum absolute atomic E-state index is 0.291. The molecule has 0 radical (unpaired) electrons. The predicted molar refractivity (Wildman–Crippen MR) is 82.7 cm³/mol. The van der Waals surface area contributed by atoms with E-state index in [0.717, 1.165) is 0 Å². The summed E-state index contributed by atoms with van der Waals surface area (Å²) in [5.74, 6) is 0.291. The molecule has 2 N–H and O–H groups in total. The molecular formula is C18H23N. The van der Waals surface area contributed by atoms with E-state index in [0.29, 0.717) is 12.5 Å². The van der Waals surface area contributed by atoms with Crippen molar-refractivity contribution in [2.75, 3.05) is 6.54 Å². The van der Waals surface area contributed by atoms with Crippen LogP contribution in [0.2, 0.25) is 0 Å². The monoisotopic (exact) mass is 253 g/mol. The number of hydrogen-bond acceptors (Lipinski definition) is 1. The van der Waals surface area contributed by atoms with Crippen LogP contribution in [0.1, 0.15) is 39.3 Å². The zero-order chi connectivity index (χ0) is 14.0. The van der Waals surface area contributed by atoms with Crippen molar-refractivity contribution in [2.45, 2.75) is 33.6 Å². The summed E-state index contributed by atoms with van der Waals surface area (Å²) in [6, 6.07) is 12.9. The van der Waals surface area contributed by atoms with Crippen molar-refractivity contribution in [3.05, 3.63) is 69.8 Å². The largest absolute Gasteiger partial charge is 0.330 e. The van der Waals surface area contributed by atoms with Crippen LogP contribution in [-0.4, -0.2) is 6.54 Å². The molecule has 1 unspecified atom stereocenters. The van der Waals surface area contributed by atoms with Crippen LogP contribution < -0.4 is 5.73 Å². The molecule has 100 valence electrons. The van der Waals surface area contributed by atoms with E-state index in [1.54, 1.807) is 0 Å². The van der Waals surface area contributed by atoms with Crippen molar-refractivity contribution < 1.29 is 0 Å². The first-order valence-corrected chi connectivity index (χ1v) is 6.88. The predicted octanol–water partition coefficient (Wildman–Crippen LogP) is 4.01. The number of hydrogen-bond donors (Lipinski definition) is 1. The normalized spacial score (nSPS) is 12.5. The molecule has 0 heterocycles. The fourth-order valence-corrected chi connectivity index (χ4v) is 2.88. The molecule has 1 heteroatoms. The Hall–Kier alpha value is -1.60. The third-order valence-corrected chi connectivity index (χ3v) is 4.21. The Morgan fingerprint density at radius 3 is 1.89 bits per heavy atom. The molecule has 0 fully saturated rings. The maximum Gasteiger partial charge on any atom is 0.0217 e. The topological polar surface area (TPSA) is 26.0 Å². The molecule has 0 aliphatic rings. The maximum atomic E-state index is 6.07. The van der Waals surface area contributed by atoms with E-state index in [2.05, 4.69) is 64.1 Å². The minimum atomic E-state index is 0.291. The average molecular weight is 253 g/mol. The van der Waals surface area contributed by atoms with Crippen LogP contribution in [-0.2, 0) is 0 Å². The molecule has 2 rings (SSSR count). The van der Waals surface area contributed by atoms with Gasteiger partial charge in [-0.3, -0.25) is 0 Å². The molecule has 2 aromatic carbocycles. The average Bonchev–Trinajstić information content (AvgIpc) is 2.42. The lowest BCUT2D eigenvalue weighted by molar-refractivity contribution is 0.801. The molecule has 19 heavy (non-hydrogen) atoms. The highest BCUT2D eigenvalue weighted by Crippen LogP contribution is 2.32. The van der Waals surface area contributed by atoms with Crippen LogP contribution in [0.3, 0.4) is 0 Å². The molecular weight excluding hydrogens is 230 g/mol. The second-order valence-corrected chi connectivity index (χ2v) is 5.37. The maximum absolute atomic E-state index is 6.07. The summed E-state index contributed by atoms with van der Waals surface area (Å²) in [6.07, 6.45) is 0. The van der Waals surface area contributed by atoms with Crippen molar-refractivity contribution in [1.29, 1.82) is 0 Å². The van der Waals surface area contributed by atoms with E-state index >= 15 is 0 Å². The Bertz CT molecular complexity index is 544. The van der Waals surface area contributed by atoms with Gasteiger partial charge < -0.3 is 5.73 Å². The van der Waals surface area contributed by atoms with Gasteiger partial charge in [-0.15, -0.1) is 0 Å². The van der Waals surface area contributed by atoms with E-state index in [1.807, 2.05) is 0 Å². The molecule has 0 bridgehead atoms. The minimum Gasteiger partial charge on any atom is -0.330 e. The lowest BCUT2D eigenvalue weighted by Gasteiger charge is -2.23. The highest BCUT2D eigenvalue weighted by molar-refractivity contribution is 5.49. The molecule has 0 saturated heterocycles. The standard InChI is InChI=1S/C18H23N/c1-12-10-13(2)15(4)18(14(12)3)17(11-19)16-8-6-5-7-9-16/h5-10,17H,11,19H2,1-4H3. The summed E-state index contributed by atoms with van der Waals surface area (Å²) in [7, 11) is 0. The van der Waals surface area contributed by atoms with Crippen molar-refractivity contribution in [3.8, 4) is 0 Å². The SMILES string of the molecule is Cc1cc(C)c(C)c(C(CN)c2ccccc2)c1C. The fourth-order valence-electron chi connectivity index (χ4n) is 2.88. The van der Waals surface area contributed by atoms with Gasteiger partial charge in [0.05, 0.1) is 0 Å². The third kappa shape index (κ3) is 2.57. The van der Waals surface area contributed by atoms with Gasteiger partial charge in [-0.2, -0.15) is 0 Å². The lowest BCUT2D eigenvalue weighted by Crippen LogP contribution is -2.17. The third-order valence-electron chi connectivity index (χ3n) is 4.21. The first kappa shape index (κ1) is 13.8. The van der Waals surface area contributed by atoms with Gasteiger partial charge in [0.15, 0.2) is 0 Å². The Kier molecular flexibility index (Phi) is 4.06. The van der Waals surface area contributed by atoms with Crippen LogP contribution in [0.15, 0.2) is 36.4 Å². The number of rotatable bonds is 3. The second-order valence-electron chi connectivity index (χ2n) is 5.37. The van der Waals surface area contributed by atoms with Gasteiger partial charge in [0.2, 0.25) is 0 Å². The lowest BCUT2D eigenvalue weighted by atomic mass is 9.82. The summed E-state index contributed by atoms with van der Waals surface area (Å²) in [5.41, 5.74) is 14.3. The van der Waals surface area contributed by atoms with Gasteiger partial charge in [0.25, 0.3) is 0 Å².